The van der Waals surface area contributed by atoms with E-state index in [2.05, 4.69) is 6.58 Å². The first-order valence-corrected chi connectivity index (χ1v) is 7.03. The Bertz CT molecular complexity index is 630. The summed E-state index contributed by atoms with van der Waals surface area (Å²) in [5.41, 5.74) is 1.89. The SMILES string of the molecule is C=C/C=C\C=C(/CC)n1c(=O)c(C=O)c2n1CCCC2. The number of hydrogen-bond acceptors (Lipinski definition) is 2. The van der Waals surface area contributed by atoms with Gasteiger partial charge < -0.3 is 0 Å². The van der Waals surface area contributed by atoms with Crippen LogP contribution in [0.1, 0.15) is 42.2 Å². The smallest absolute Gasteiger partial charge is 0.281 e. The highest BCUT2D eigenvalue weighted by molar-refractivity contribution is 5.76. The summed E-state index contributed by atoms with van der Waals surface area (Å²) in [5, 5.41) is 0. The standard InChI is InChI=1S/C16H20N2O2/c1-3-5-6-9-13(4-2)18-16(20)14(12-19)15-10-7-8-11-17(15)18/h3,5-6,9,12H,1,4,7-8,10-11H2,2H3/b6-5-,13-9+. The van der Waals surface area contributed by atoms with Crippen LogP contribution in [0.4, 0.5) is 0 Å². The van der Waals surface area contributed by atoms with Crippen LogP contribution in [-0.2, 0) is 13.0 Å². The van der Waals surface area contributed by atoms with Crippen LogP contribution in [0.25, 0.3) is 5.70 Å². The highest BCUT2D eigenvalue weighted by Gasteiger charge is 2.22. The Morgan fingerprint density at radius 1 is 1.35 bits per heavy atom. The lowest BCUT2D eigenvalue weighted by molar-refractivity contribution is 0.112. The van der Waals surface area contributed by atoms with Crippen molar-refractivity contribution in [1.82, 2.24) is 9.36 Å². The van der Waals surface area contributed by atoms with Gasteiger partial charge in [0.1, 0.15) is 5.56 Å². The maximum atomic E-state index is 12.4. The van der Waals surface area contributed by atoms with Gasteiger partial charge in [-0.15, -0.1) is 0 Å². The van der Waals surface area contributed by atoms with E-state index in [1.807, 2.05) is 29.8 Å². The Morgan fingerprint density at radius 3 is 2.80 bits per heavy atom. The van der Waals surface area contributed by atoms with Crippen molar-refractivity contribution in [2.24, 2.45) is 0 Å². The molecule has 0 radical (unpaired) electrons. The number of fused-ring (bicyclic) bond motifs is 1. The summed E-state index contributed by atoms with van der Waals surface area (Å²) in [4.78, 5) is 23.7. The Labute approximate surface area is 118 Å². The van der Waals surface area contributed by atoms with Gasteiger partial charge in [0.2, 0.25) is 0 Å². The zero-order valence-electron chi connectivity index (χ0n) is 11.8. The van der Waals surface area contributed by atoms with Crippen LogP contribution < -0.4 is 5.56 Å². The highest BCUT2D eigenvalue weighted by atomic mass is 16.1. The van der Waals surface area contributed by atoms with Crippen molar-refractivity contribution >= 4 is 12.0 Å². The zero-order chi connectivity index (χ0) is 14.5. The Kier molecular flexibility index (Phi) is 4.56. The fourth-order valence-corrected chi connectivity index (χ4v) is 2.65. The Morgan fingerprint density at radius 2 is 2.15 bits per heavy atom. The van der Waals surface area contributed by atoms with E-state index in [1.54, 1.807) is 10.8 Å². The Hall–Kier alpha value is -2.10. The topological polar surface area (TPSA) is 44.0 Å². The molecule has 1 aromatic heterocycles. The summed E-state index contributed by atoms with van der Waals surface area (Å²) in [6.07, 6.45) is 11.6. The van der Waals surface area contributed by atoms with Crippen LogP contribution in [0.2, 0.25) is 0 Å². The molecule has 0 atom stereocenters. The first-order chi connectivity index (χ1) is 9.74. The summed E-state index contributed by atoms with van der Waals surface area (Å²) >= 11 is 0. The number of nitrogens with zero attached hydrogens (tertiary/aromatic N) is 2. The van der Waals surface area contributed by atoms with E-state index in [-0.39, 0.29) is 5.56 Å². The minimum absolute atomic E-state index is 0.197. The summed E-state index contributed by atoms with van der Waals surface area (Å²) in [6.45, 7) is 6.42. The van der Waals surface area contributed by atoms with Crippen molar-refractivity contribution in [2.45, 2.75) is 39.2 Å². The van der Waals surface area contributed by atoms with Crippen molar-refractivity contribution in [3.8, 4) is 0 Å². The lowest BCUT2D eigenvalue weighted by atomic mass is 10.1. The molecule has 4 nitrogen and oxygen atoms in total. The van der Waals surface area contributed by atoms with E-state index in [0.717, 1.165) is 43.6 Å². The van der Waals surface area contributed by atoms with Crippen molar-refractivity contribution in [3.63, 3.8) is 0 Å². The predicted molar refractivity (Wildman–Crippen MR) is 80.9 cm³/mol. The molecule has 106 valence electrons. The largest absolute Gasteiger partial charge is 0.298 e. The van der Waals surface area contributed by atoms with Crippen molar-refractivity contribution in [1.29, 1.82) is 0 Å². The van der Waals surface area contributed by atoms with Gasteiger partial charge in [0, 0.05) is 12.2 Å². The molecular weight excluding hydrogens is 252 g/mol. The number of rotatable bonds is 5. The van der Waals surface area contributed by atoms with Gasteiger partial charge >= 0.3 is 0 Å². The number of aromatic nitrogens is 2. The van der Waals surface area contributed by atoms with Gasteiger partial charge in [0.05, 0.1) is 5.69 Å². The van der Waals surface area contributed by atoms with Crippen LogP contribution in [0.3, 0.4) is 0 Å². The molecule has 0 aromatic carbocycles. The van der Waals surface area contributed by atoms with Gasteiger partial charge in [0.25, 0.3) is 5.56 Å². The quantitative estimate of drug-likeness (QED) is 0.611. The third kappa shape index (κ3) is 2.46. The van der Waals surface area contributed by atoms with Crippen LogP contribution in [0.5, 0.6) is 0 Å². The zero-order valence-corrected chi connectivity index (χ0v) is 11.8. The van der Waals surface area contributed by atoms with Crippen LogP contribution in [-0.4, -0.2) is 15.6 Å². The summed E-state index contributed by atoms with van der Waals surface area (Å²) < 4.78 is 3.62. The molecule has 0 saturated heterocycles. The van der Waals surface area contributed by atoms with E-state index < -0.39 is 0 Å². The summed E-state index contributed by atoms with van der Waals surface area (Å²) in [6, 6.07) is 0. The number of hydrogen-bond donors (Lipinski definition) is 0. The molecule has 0 aliphatic carbocycles. The molecule has 4 heteroatoms. The number of carbonyl (C=O) groups is 1. The lowest BCUT2D eigenvalue weighted by Gasteiger charge is -2.20. The molecule has 1 aliphatic heterocycles. The number of carbonyl (C=O) groups excluding carboxylic acids is 1. The maximum absolute atomic E-state index is 12.4. The maximum Gasteiger partial charge on any atom is 0.281 e. The summed E-state index contributed by atoms with van der Waals surface area (Å²) in [7, 11) is 0. The molecule has 1 aromatic rings. The first-order valence-electron chi connectivity index (χ1n) is 7.03. The van der Waals surface area contributed by atoms with Gasteiger partial charge in [-0.2, -0.15) is 0 Å². The fourth-order valence-electron chi connectivity index (χ4n) is 2.65. The molecule has 20 heavy (non-hydrogen) atoms. The lowest BCUT2D eigenvalue weighted by Crippen LogP contribution is -2.24. The van der Waals surface area contributed by atoms with Crippen LogP contribution in [0.15, 0.2) is 35.7 Å². The number of allylic oxidation sites excluding steroid dienone is 5. The van der Waals surface area contributed by atoms with Crippen molar-refractivity contribution < 1.29 is 4.79 Å². The second-order valence-corrected chi connectivity index (χ2v) is 4.81. The highest BCUT2D eigenvalue weighted by Crippen LogP contribution is 2.19. The molecule has 2 rings (SSSR count). The average molecular weight is 272 g/mol. The molecule has 2 heterocycles. The first kappa shape index (κ1) is 14.3. The van der Waals surface area contributed by atoms with E-state index >= 15 is 0 Å². The second kappa shape index (κ2) is 6.37. The van der Waals surface area contributed by atoms with Crippen LogP contribution in [0, 0.1) is 0 Å². The molecule has 0 spiro atoms. The van der Waals surface area contributed by atoms with Gasteiger partial charge in [-0.1, -0.05) is 31.7 Å². The molecule has 1 aliphatic rings. The van der Waals surface area contributed by atoms with Gasteiger partial charge in [-0.25, -0.2) is 4.68 Å². The molecular formula is C16H20N2O2. The third-order valence-electron chi connectivity index (χ3n) is 3.61. The molecule has 0 N–H and O–H groups in total. The number of aldehydes is 1. The monoisotopic (exact) mass is 272 g/mol. The van der Waals surface area contributed by atoms with Crippen molar-refractivity contribution in [3.05, 3.63) is 52.5 Å². The average Bonchev–Trinajstić information content (AvgIpc) is 2.76. The molecule has 0 saturated carbocycles. The molecule has 0 unspecified atom stereocenters. The summed E-state index contributed by atoms with van der Waals surface area (Å²) in [5.74, 6) is 0. The van der Waals surface area contributed by atoms with Crippen molar-refractivity contribution in [2.75, 3.05) is 0 Å². The van der Waals surface area contributed by atoms with E-state index in [0.29, 0.717) is 11.8 Å². The van der Waals surface area contributed by atoms with E-state index in [9.17, 15) is 9.59 Å². The molecule has 0 bridgehead atoms. The van der Waals surface area contributed by atoms with E-state index in [4.69, 9.17) is 0 Å². The minimum atomic E-state index is -0.197. The van der Waals surface area contributed by atoms with Gasteiger partial charge in [0.15, 0.2) is 6.29 Å². The predicted octanol–water partition coefficient (Wildman–Crippen LogP) is 2.79. The van der Waals surface area contributed by atoms with Crippen LogP contribution >= 0.6 is 0 Å². The second-order valence-electron chi connectivity index (χ2n) is 4.81. The van der Waals surface area contributed by atoms with Gasteiger partial charge in [-0.3, -0.25) is 14.3 Å². The fraction of sp³-hybridized carbons (Fsp3) is 0.375. The van der Waals surface area contributed by atoms with E-state index in [1.165, 1.54) is 0 Å². The minimum Gasteiger partial charge on any atom is -0.298 e. The van der Waals surface area contributed by atoms with Gasteiger partial charge in [-0.05, 0) is 31.8 Å². The molecule has 0 fully saturated rings. The third-order valence-corrected chi connectivity index (χ3v) is 3.61. The Balaban J connectivity index is 2.61. The molecule has 0 amide bonds. The normalized spacial score (nSPS) is 15.3.